The molecule has 1 fully saturated rings. The maximum Gasteiger partial charge on any atom is 0.274 e. The highest BCUT2D eigenvalue weighted by Gasteiger charge is 2.26. The van der Waals surface area contributed by atoms with Crippen molar-refractivity contribution in [3.63, 3.8) is 0 Å². The Balaban J connectivity index is 1.31. The van der Waals surface area contributed by atoms with Crippen LogP contribution < -0.4 is 4.90 Å². The van der Waals surface area contributed by atoms with E-state index in [0.29, 0.717) is 12.2 Å². The second-order valence-corrected chi connectivity index (χ2v) is 10.5. The maximum absolute atomic E-state index is 13.0. The molecule has 3 aromatic rings. The number of carbonyl (C=O) groups excluding carboxylic acids is 1. The van der Waals surface area contributed by atoms with Crippen LogP contribution in [0.25, 0.3) is 0 Å². The van der Waals surface area contributed by atoms with Crippen LogP contribution in [0.4, 0.5) is 5.69 Å². The molecule has 0 unspecified atom stereocenters. The third kappa shape index (κ3) is 4.80. The number of amides is 1. The van der Waals surface area contributed by atoms with Gasteiger partial charge in [0.15, 0.2) is 0 Å². The molecule has 0 radical (unpaired) electrons. The summed E-state index contributed by atoms with van der Waals surface area (Å²) in [4.78, 5) is 28.9. The summed E-state index contributed by atoms with van der Waals surface area (Å²) in [6.07, 6.45) is 2.50. The Bertz CT molecular complexity index is 1190. The van der Waals surface area contributed by atoms with Crippen LogP contribution in [0.3, 0.4) is 0 Å². The minimum atomic E-state index is -0.0648. The van der Waals surface area contributed by atoms with E-state index in [1.165, 1.54) is 22.4 Å². The van der Waals surface area contributed by atoms with Gasteiger partial charge in [0.05, 0.1) is 24.1 Å². The first kappa shape index (κ1) is 23.5. The minimum absolute atomic E-state index is 0.00628. The van der Waals surface area contributed by atoms with Gasteiger partial charge in [-0.2, -0.15) is 0 Å². The van der Waals surface area contributed by atoms with Crippen LogP contribution in [0.5, 0.6) is 0 Å². The Kier molecular flexibility index (Phi) is 6.32. The highest BCUT2D eigenvalue weighted by atomic mass is 16.2. The molecule has 1 amide bonds. The van der Waals surface area contributed by atoms with E-state index in [1.807, 2.05) is 4.90 Å². The van der Waals surface area contributed by atoms with Gasteiger partial charge in [0, 0.05) is 50.2 Å². The molecule has 2 aromatic carbocycles. The molecule has 6 heteroatoms. The van der Waals surface area contributed by atoms with Gasteiger partial charge in [-0.1, -0.05) is 55.8 Å². The fourth-order valence-electron chi connectivity index (χ4n) is 5.01. The monoisotopic (exact) mass is 469 g/mol. The number of piperazine rings is 1. The van der Waals surface area contributed by atoms with Crippen LogP contribution in [0, 0.1) is 6.92 Å². The lowest BCUT2D eigenvalue weighted by molar-refractivity contribution is 0.0657. The molecule has 0 aliphatic carbocycles. The lowest BCUT2D eigenvalue weighted by Crippen LogP contribution is -2.47. The highest BCUT2D eigenvalue weighted by Crippen LogP contribution is 2.33. The molecule has 1 aromatic heterocycles. The van der Waals surface area contributed by atoms with Gasteiger partial charge in [-0.25, -0.2) is 4.98 Å². The molecule has 35 heavy (non-hydrogen) atoms. The average Bonchev–Trinajstić information content (AvgIpc) is 2.88. The number of aryl methyl sites for hydroxylation is 1. The molecule has 0 spiro atoms. The van der Waals surface area contributed by atoms with Crippen LogP contribution in [-0.2, 0) is 18.4 Å². The summed E-state index contributed by atoms with van der Waals surface area (Å²) in [5.74, 6) is -0.00628. The Morgan fingerprint density at radius 1 is 0.857 bits per heavy atom. The second-order valence-electron chi connectivity index (χ2n) is 10.5. The van der Waals surface area contributed by atoms with Crippen molar-refractivity contribution in [3.05, 3.63) is 88.5 Å². The van der Waals surface area contributed by atoms with Crippen LogP contribution in [0.1, 0.15) is 52.4 Å². The number of hydrogen-bond donors (Lipinski definition) is 0. The first-order valence-corrected chi connectivity index (χ1v) is 12.6. The number of hydrogen-bond acceptors (Lipinski definition) is 5. The van der Waals surface area contributed by atoms with Crippen molar-refractivity contribution < 1.29 is 4.79 Å². The van der Waals surface area contributed by atoms with E-state index in [2.05, 4.69) is 91.1 Å². The van der Waals surface area contributed by atoms with Crippen LogP contribution in [0.2, 0.25) is 0 Å². The molecular weight excluding hydrogens is 434 g/mol. The number of carbonyl (C=O) groups is 1. The van der Waals surface area contributed by atoms with E-state index in [0.717, 1.165) is 50.5 Å². The zero-order valence-corrected chi connectivity index (χ0v) is 21.3. The quantitative estimate of drug-likeness (QED) is 0.577. The Hall–Kier alpha value is -3.25. The Morgan fingerprint density at radius 3 is 2.14 bits per heavy atom. The smallest absolute Gasteiger partial charge is 0.274 e. The predicted octanol–water partition coefficient (Wildman–Crippen LogP) is 4.06. The van der Waals surface area contributed by atoms with Crippen molar-refractivity contribution in [2.45, 2.75) is 39.2 Å². The fraction of sp³-hybridized carbons (Fsp3) is 0.414. The molecule has 0 N–H and O–H groups in total. The van der Waals surface area contributed by atoms with Crippen LogP contribution in [-0.4, -0.2) is 65.4 Å². The molecule has 0 atom stereocenters. The second kappa shape index (κ2) is 9.42. The van der Waals surface area contributed by atoms with E-state index in [-0.39, 0.29) is 11.3 Å². The van der Waals surface area contributed by atoms with Crippen molar-refractivity contribution in [3.8, 4) is 0 Å². The lowest BCUT2D eigenvalue weighted by atomic mass is 9.78. The highest BCUT2D eigenvalue weighted by molar-refractivity contribution is 5.92. The zero-order valence-electron chi connectivity index (χ0n) is 21.3. The standard InChI is InChI=1S/C29H35N5O/c1-21-5-7-22(8-6-21)29(2,3)23-9-11-24(12-10-23)34-14-13-25-27(20-34)31-26(19-30-25)28(35)33-17-15-32(4)16-18-33/h5-12,19H,13-18,20H2,1-4H3. The molecule has 0 saturated carbocycles. The molecule has 3 heterocycles. The van der Waals surface area contributed by atoms with E-state index >= 15 is 0 Å². The Morgan fingerprint density at radius 2 is 1.49 bits per heavy atom. The SMILES string of the molecule is Cc1ccc(C(C)(C)c2ccc(N3CCc4ncc(C(=O)N5CCN(C)CC5)nc4C3)cc2)cc1. The van der Waals surface area contributed by atoms with E-state index in [1.54, 1.807) is 6.20 Å². The summed E-state index contributed by atoms with van der Waals surface area (Å²) in [7, 11) is 2.09. The van der Waals surface area contributed by atoms with E-state index < -0.39 is 0 Å². The van der Waals surface area contributed by atoms with Gasteiger partial charge in [-0.3, -0.25) is 9.78 Å². The van der Waals surface area contributed by atoms with E-state index in [4.69, 9.17) is 4.98 Å². The summed E-state index contributed by atoms with van der Waals surface area (Å²) in [5.41, 5.74) is 7.39. The number of likely N-dealkylation sites (N-methyl/N-ethyl adjacent to an activating group) is 1. The topological polar surface area (TPSA) is 52.6 Å². The van der Waals surface area contributed by atoms with Gasteiger partial charge in [-0.05, 0) is 37.2 Å². The first-order chi connectivity index (χ1) is 16.8. The molecule has 1 saturated heterocycles. The number of aromatic nitrogens is 2. The zero-order chi connectivity index (χ0) is 24.6. The van der Waals surface area contributed by atoms with Gasteiger partial charge in [0.2, 0.25) is 0 Å². The summed E-state index contributed by atoms with van der Waals surface area (Å²) < 4.78 is 0. The third-order valence-corrected chi connectivity index (χ3v) is 7.63. The lowest BCUT2D eigenvalue weighted by Gasteiger charge is -2.33. The molecule has 182 valence electrons. The van der Waals surface area contributed by atoms with Gasteiger partial charge in [0.25, 0.3) is 5.91 Å². The van der Waals surface area contributed by atoms with Crippen LogP contribution in [0.15, 0.2) is 54.7 Å². The van der Waals surface area contributed by atoms with Crippen molar-refractivity contribution in [2.75, 3.05) is 44.7 Å². The first-order valence-electron chi connectivity index (χ1n) is 12.6. The third-order valence-electron chi connectivity index (χ3n) is 7.63. The van der Waals surface area contributed by atoms with Crippen molar-refractivity contribution in [1.82, 2.24) is 19.8 Å². The number of benzene rings is 2. The van der Waals surface area contributed by atoms with Gasteiger partial charge in [0.1, 0.15) is 5.69 Å². The minimum Gasteiger partial charge on any atom is -0.365 e. The number of rotatable bonds is 4. The van der Waals surface area contributed by atoms with Gasteiger partial charge in [-0.15, -0.1) is 0 Å². The van der Waals surface area contributed by atoms with Gasteiger partial charge < -0.3 is 14.7 Å². The molecule has 2 aliphatic rings. The number of anilines is 1. The molecule has 0 bridgehead atoms. The number of nitrogens with zero attached hydrogens (tertiary/aromatic N) is 5. The van der Waals surface area contributed by atoms with Crippen molar-refractivity contribution >= 4 is 11.6 Å². The summed E-state index contributed by atoms with van der Waals surface area (Å²) in [5, 5.41) is 0. The summed E-state index contributed by atoms with van der Waals surface area (Å²) in [6.45, 7) is 11.5. The maximum atomic E-state index is 13.0. The summed E-state index contributed by atoms with van der Waals surface area (Å²) in [6, 6.07) is 17.7. The van der Waals surface area contributed by atoms with Crippen molar-refractivity contribution in [2.24, 2.45) is 0 Å². The van der Waals surface area contributed by atoms with Crippen LogP contribution >= 0.6 is 0 Å². The molecule has 6 nitrogen and oxygen atoms in total. The number of fused-ring (bicyclic) bond motifs is 1. The van der Waals surface area contributed by atoms with E-state index in [9.17, 15) is 4.79 Å². The average molecular weight is 470 g/mol. The van der Waals surface area contributed by atoms with Crippen molar-refractivity contribution in [1.29, 1.82) is 0 Å². The predicted molar refractivity (Wildman–Crippen MR) is 140 cm³/mol. The largest absolute Gasteiger partial charge is 0.365 e. The summed E-state index contributed by atoms with van der Waals surface area (Å²) >= 11 is 0. The molecule has 5 rings (SSSR count). The fourth-order valence-corrected chi connectivity index (χ4v) is 5.01. The van der Waals surface area contributed by atoms with Gasteiger partial charge >= 0.3 is 0 Å². The molecule has 2 aliphatic heterocycles. The Labute approximate surface area is 208 Å². The normalized spacial score (nSPS) is 16.8. The molecular formula is C29H35N5O.